The van der Waals surface area contributed by atoms with Crippen LogP contribution in [0.5, 0.6) is 11.5 Å². The average molecular weight is 779 g/mol. The van der Waals surface area contributed by atoms with Gasteiger partial charge in [0.25, 0.3) is 0 Å². The molecule has 0 radical (unpaired) electrons. The summed E-state index contributed by atoms with van der Waals surface area (Å²) >= 11 is 0. The van der Waals surface area contributed by atoms with E-state index in [2.05, 4.69) is 0 Å². The quantitative estimate of drug-likeness (QED) is 0.0882. The summed E-state index contributed by atoms with van der Waals surface area (Å²) in [6.07, 6.45) is -16.7. The smallest absolute Gasteiger partial charge is 0.343 e. The molecule has 9 N–H and O–H groups in total. The molecule has 55 heavy (non-hydrogen) atoms. The van der Waals surface area contributed by atoms with Crippen molar-refractivity contribution in [2.45, 2.75) is 87.2 Å². The first-order valence-electron chi connectivity index (χ1n) is 17.4. The van der Waals surface area contributed by atoms with E-state index in [0.717, 1.165) is 6.26 Å². The van der Waals surface area contributed by atoms with E-state index in [0.29, 0.717) is 0 Å². The highest BCUT2D eigenvalue weighted by Gasteiger charge is 2.54. The van der Waals surface area contributed by atoms with Gasteiger partial charge in [-0.1, -0.05) is 19.1 Å². The summed E-state index contributed by atoms with van der Waals surface area (Å²) in [6, 6.07) is 11.1. The summed E-state index contributed by atoms with van der Waals surface area (Å²) < 4.78 is 39.1. The van der Waals surface area contributed by atoms with Gasteiger partial charge in [0.1, 0.15) is 66.4 Å². The lowest BCUT2D eigenvalue weighted by atomic mass is 9.83. The molecule has 2 saturated heterocycles. The Labute approximate surface area is 312 Å². The Balaban J connectivity index is 1.11. The molecule has 300 valence electrons. The molecule has 3 heterocycles. The Morgan fingerprint density at radius 2 is 1.29 bits per heavy atom. The number of aliphatic hydroxyl groups is 8. The molecule has 4 aliphatic rings. The van der Waals surface area contributed by atoms with E-state index < -0.39 is 123 Å². The van der Waals surface area contributed by atoms with Crippen LogP contribution in [0.25, 0.3) is 0 Å². The molecule has 0 bridgehead atoms. The van der Waals surface area contributed by atoms with Crippen molar-refractivity contribution >= 4 is 17.9 Å². The molecule has 19 nitrogen and oxygen atoms in total. The predicted molar refractivity (Wildman–Crippen MR) is 178 cm³/mol. The molecule has 15 unspecified atom stereocenters. The standard InChI is InChI=1S/C36H42O19/c1-14-21(10-19-20(31(45)46)13-49-34(24(14)19)55-36-30(44)28(42)26(40)23(12-38)54-36)52-33(48)16-5-2-6-17(8-16)50-32(47)15-4-3-7-18(9-15)51-35-29(43)27(41)25(39)22(11-37)53-35/h2-9,13-14,19,21-30,34-44H,10-12H2,1H3,(H,45,46). The van der Waals surface area contributed by atoms with Gasteiger partial charge in [-0.15, -0.1) is 0 Å². The Hall–Kier alpha value is -4.25. The Kier molecular flexibility index (Phi) is 12.4. The van der Waals surface area contributed by atoms with Crippen molar-refractivity contribution < 1.29 is 93.5 Å². The third-order valence-corrected chi connectivity index (χ3v) is 10.3. The van der Waals surface area contributed by atoms with Gasteiger partial charge in [-0.05, 0) is 42.8 Å². The molecule has 2 aromatic carbocycles. The van der Waals surface area contributed by atoms with Crippen LogP contribution in [0.3, 0.4) is 0 Å². The van der Waals surface area contributed by atoms with E-state index in [1.165, 1.54) is 48.5 Å². The predicted octanol–water partition coefficient (Wildman–Crippen LogP) is -1.98. The van der Waals surface area contributed by atoms with Crippen molar-refractivity contribution in [2.75, 3.05) is 13.2 Å². The fourth-order valence-corrected chi connectivity index (χ4v) is 7.18. The second-order valence-corrected chi connectivity index (χ2v) is 13.7. The van der Waals surface area contributed by atoms with Crippen LogP contribution in [0.4, 0.5) is 0 Å². The summed E-state index contributed by atoms with van der Waals surface area (Å²) in [5.41, 5.74) is -0.130. The number of ether oxygens (including phenoxy) is 7. The lowest BCUT2D eigenvalue weighted by Gasteiger charge is -2.43. The molecule has 1 aliphatic carbocycles. The topological polar surface area (TPSA) is 298 Å². The van der Waals surface area contributed by atoms with E-state index in [-0.39, 0.29) is 34.6 Å². The molecule has 0 spiro atoms. The zero-order chi connectivity index (χ0) is 39.7. The van der Waals surface area contributed by atoms with Crippen molar-refractivity contribution in [3.63, 3.8) is 0 Å². The van der Waals surface area contributed by atoms with Crippen molar-refractivity contribution in [3.05, 3.63) is 71.5 Å². The number of rotatable bonds is 11. The number of carboxylic acids is 1. The molecule has 1 saturated carbocycles. The second kappa shape index (κ2) is 16.9. The number of carbonyl (C=O) groups is 3. The van der Waals surface area contributed by atoms with Crippen LogP contribution >= 0.6 is 0 Å². The van der Waals surface area contributed by atoms with Crippen molar-refractivity contribution in [2.24, 2.45) is 17.8 Å². The molecule has 0 amide bonds. The maximum atomic E-state index is 13.4. The van der Waals surface area contributed by atoms with E-state index in [4.69, 9.17) is 33.2 Å². The number of hydrogen-bond acceptors (Lipinski definition) is 18. The summed E-state index contributed by atoms with van der Waals surface area (Å²) in [4.78, 5) is 38.6. The normalized spacial score (nSPS) is 37.2. The molecule has 2 aromatic rings. The highest BCUT2D eigenvalue weighted by atomic mass is 16.8. The van der Waals surface area contributed by atoms with Crippen LogP contribution < -0.4 is 9.47 Å². The third-order valence-electron chi connectivity index (χ3n) is 10.3. The molecular formula is C36H42O19. The van der Waals surface area contributed by atoms with Crippen LogP contribution in [0.15, 0.2) is 60.4 Å². The van der Waals surface area contributed by atoms with E-state index >= 15 is 0 Å². The molecule has 0 aromatic heterocycles. The fourth-order valence-electron chi connectivity index (χ4n) is 7.18. The minimum absolute atomic E-state index is 0.00792. The SMILES string of the molecule is CC1C(OC(=O)c2cccc(OC(=O)c3cccc(OC4OC(CO)C(O)C(O)C4O)c3)c2)CC2C(C(=O)O)=COC(OC3OC(CO)C(O)C(O)C3O)C21. The first-order valence-corrected chi connectivity index (χ1v) is 17.4. The van der Waals surface area contributed by atoms with Gasteiger partial charge in [0.15, 0.2) is 6.29 Å². The Morgan fingerprint density at radius 1 is 0.727 bits per heavy atom. The van der Waals surface area contributed by atoms with Gasteiger partial charge in [0.05, 0.1) is 36.2 Å². The second-order valence-electron chi connectivity index (χ2n) is 13.7. The highest BCUT2D eigenvalue weighted by molar-refractivity contribution is 5.93. The largest absolute Gasteiger partial charge is 0.478 e. The summed E-state index contributed by atoms with van der Waals surface area (Å²) in [5.74, 6) is -5.07. The number of aliphatic carboxylic acids is 1. The minimum atomic E-state index is -1.75. The van der Waals surface area contributed by atoms with Gasteiger partial charge in [-0.25, -0.2) is 14.4 Å². The van der Waals surface area contributed by atoms with E-state index in [1.807, 2.05) is 0 Å². The number of esters is 2. The van der Waals surface area contributed by atoms with Gasteiger partial charge < -0.3 is 79.1 Å². The first-order chi connectivity index (χ1) is 26.2. The van der Waals surface area contributed by atoms with Gasteiger partial charge in [0.2, 0.25) is 12.6 Å². The molecule has 6 rings (SSSR count). The maximum absolute atomic E-state index is 13.4. The molecule has 3 fully saturated rings. The zero-order valence-corrected chi connectivity index (χ0v) is 29.1. The molecule has 19 heteroatoms. The number of hydrogen-bond donors (Lipinski definition) is 9. The van der Waals surface area contributed by atoms with Crippen LogP contribution in [0.2, 0.25) is 0 Å². The van der Waals surface area contributed by atoms with E-state index in [9.17, 15) is 60.3 Å². The van der Waals surface area contributed by atoms with E-state index in [1.54, 1.807) is 6.92 Å². The van der Waals surface area contributed by atoms with Crippen LogP contribution in [0.1, 0.15) is 34.1 Å². The summed E-state index contributed by atoms with van der Waals surface area (Å²) in [7, 11) is 0. The lowest BCUT2D eigenvalue weighted by molar-refractivity contribution is -0.342. The Bertz CT molecular complexity index is 1730. The van der Waals surface area contributed by atoms with Crippen molar-refractivity contribution in [3.8, 4) is 11.5 Å². The average Bonchev–Trinajstić information content (AvgIpc) is 3.50. The highest BCUT2D eigenvalue weighted by Crippen LogP contribution is 2.48. The van der Waals surface area contributed by atoms with Crippen LogP contribution in [0, 0.1) is 17.8 Å². The van der Waals surface area contributed by atoms with Crippen LogP contribution in [-0.4, -0.2) is 151 Å². The van der Waals surface area contributed by atoms with Gasteiger partial charge in [0, 0.05) is 17.8 Å². The number of fused-ring (bicyclic) bond motifs is 1. The fraction of sp³-hybridized carbons (Fsp3) is 0.528. The summed E-state index contributed by atoms with van der Waals surface area (Å²) in [5, 5.41) is 90.0. The van der Waals surface area contributed by atoms with Gasteiger partial charge >= 0.3 is 17.9 Å². The summed E-state index contributed by atoms with van der Waals surface area (Å²) in [6.45, 7) is 0.331. The number of carbonyl (C=O) groups excluding carboxylic acids is 2. The molecule has 15 atom stereocenters. The number of carboxylic acid groups (broad SMARTS) is 1. The minimum Gasteiger partial charge on any atom is -0.478 e. The van der Waals surface area contributed by atoms with Crippen molar-refractivity contribution in [1.29, 1.82) is 0 Å². The monoisotopic (exact) mass is 778 g/mol. The maximum Gasteiger partial charge on any atom is 0.343 e. The number of benzene rings is 2. The molecular weight excluding hydrogens is 736 g/mol. The van der Waals surface area contributed by atoms with Gasteiger partial charge in [-0.3, -0.25) is 0 Å². The van der Waals surface area contributed by atoms with Crippen LogP contribution in [-0.2, 0) is 28.5 Å². The molecule has 3 aliphatic heterocycles. The van der Waals surface area contributed by atoms with Gasteiger partial charge in [-0.2, -0.15) is 0 Å². The van der Waals surface area contributed by atoms with Crippen molar-refractivity contribution in [1.82, 2.24) is 0 Å². The lowest BCUT2D eigenvalue weighted by Crippen LogP contribution is -2.60. The first kappa shape index (κ1) is 40.4. The zero-order valence-electron chi connectivity index (χ0n) is 29.1. The Morgan fingerprint density at radius 3 is 1.91 bits per heavy atom. The number of aliphatic hydroxyl groups excluding tert-OH is 8. The third kappa shape index (κ3) is 8.32.